The molecule has 140 valence electrons. The van der Waals surface area contributed by atoms with Crippen molar-refractivity contribution in [2.45, 2.75) is 49.9 Å². The lowest BCUT2D eigenvalue weighted by atomic mass is 9.98. The van der Waals surface area contributed by atoms with Gasteiger partial charge >= 0.3 is 11.2 Å². The molecule has 0 radical (unpaired) electrons. The molecule has 10 heteroatoms. The summed E-state index contributed by atoms with van der Waals surface area (Å²) in [5.41, 5.74) is -0.129. The number of hydrogen-bond donors (Lipinski definition) is 0. The first-order valence-corrected chi connectivity index (χ1v) is 8.92. The van der Waals surface area contributed by atoms with Crippen LogP contribution in [0.3, 0.4) is 0 Å². The fourth-order valence-corrected chi connectivity index (χ4v) is 2.42. The molecule has 0 N–H and O–H groups in total. The van der Waals surface area contributed by atoms with Crippen LogP contribution in [0.25, 0.3) is 0 Å². The minimum atomic E-state index is -5.74. The molecular weight excluding hydrogens is 350 g/mol. The summed E-state index contributed by atoms with van der Waals surface area (Å²) in [4.78, 5) is 11.6. The first-order chi connectivity index (χ1) is 11.1. The molecule has 24 heavy (non-hydrogen) atoms. The van der Waals surface area contributed by atoms with Crippen LogP contribution in [0.1, 0.15) is 38.5 Å². The zero-order valence-electron chi connectivity index (χ0n) is 13.2. The number of carbonyl (C=O) groups excluding carboxylic acids is 1. The van der Waals surface area contributed by atoms with E-state index in [1.165, 1.54) is 6.42 Å². The second-order valence-corrected chi connectivity index (χ2v) is 6.98. The maximum absolute atomic E-state index is 12.8. The highest BCUT2D eigenvalue weighted by Gasteiger charge is 2.36. The van der Waals surface area contributed by atoms with Crippen molar-refractivity contribution < 1.29 is 40.8 Å². The molecule has 0 atom stereocenters. The molecule has 1 rings (SSSR count). The average molecular weight is 371 g/mol. The van der Waals surface area contributed by atoms with Crippen LogP contribution in [0.15, 0.2) is 12.2 Å². The second kappa shape index (κ2) is 9.40. The molecule has 1 aliphatic rings. The Morgan fingerprint density at radius 2 is 1.88 bits per heavy atom. The Hall–Kier alpha value is -1.10. The Morgan fingerprint density at radius 3 is 2.46 bits per heavy atom. The van der Waals surface area contributed by atoms with Crippen molar-refractivity contribution >= 4 is 16.1 Å². The Kier molecular flexibility index (Phi) is 8.20. The highest BCUT2D eigenvalue weighted by Crippen LogP contribution is 2.24. The first-order valence-electron chi connectivity index (χ1n) is 7.51. The van der Waals surface area contributed by atoms with Gasteiger partial charge in [-0.25, -0.2) is 13.2 Å². The van der Waals surface area contributed by atoms with Gasteiger partial charge in [0.1, 0.15) is 0 Å². The quantitative estimate of drug-likeness (QED) is 0.190. The standard InChI is InChI=1S/C14H22F2O7S/c1-11(9-21-8-7-14(15,16)24(18,19)20)13(17)23-10-22-12-5-3-2-4-6-12/h12H,1-10H2,(H,18,19,20)/p-1. The summed E-state index contributed by atoms with van der Waals surface area (Å²) in [6.45, 7) is 2.01. The van der Waals surface area contributed by atoms with Gasteiger partial charge in [-0.1, -0.05) is 25.8 Å². The van der Waals surface area contributed by atoms with E-state index in [2.05, 4.69) is 6.58 Å². The van der Waals surface area contributed by atoms with E-state index in [1.807, 2.05) is 0 Å². The van der Waals surface area contributed by atoms with Crippen LogP contribution in [0.5, 0.6) is 0 Å². The van der Waals surface area contributed by atoms with E-state index in [1.54, 1.807) is 0 Å². The Balaban J connectivity index is 2.16. The lowest BCUT2D eigenvalue weighted by molar-refractivity contribution is -0.158. The predicted octanol–water partition coefficient (Wildman–Crippen LogP) is 1.94. The van der Waals surface area contributed by atoms with Gasteiger partial charge in [-0.15, -0.1) is 0 Å². The largest absolute Gasteiger partial charge is 0.743 e. The van der Waals surface area contributed by atoms with Crippen LogP contribution >= 0.6 is 0 Å². The van der Waals surface area contributed by atoms with Crippen molar-refractivity contribution in [1.29, 1.82) is 0 Å². The van der Waals surface area contributed by atoms with Gasteiger partial charge in [-0.3, -0.25) is 0 Å². The zero-order valence-corrected chi connectivity index (χ0v) is 14.0. The highest BCUT2D eigenvalue weighted by atomic mass is 32.2. The van der Waals surface area contributed by atoms with E-state index in [0.29, 0.717) is 0 Å². The van der Waals surface area contributed by atoms with Crippen molar-refractivity contribution in [2.24, 2.45) is 0 Å². The number of alkyl halides is 2. The summed E-state index contributed by atoms with van der Waals surface area (Å²) in [5.74, 6) is -0.797. The third-order valence-corrected chi connectivity index (χ3v) is 4.45. The van der Waals surface area contributed by atoms with E-state index in [-0.39, 0.29) is 18.5 Å². The Bertz CT molecular complexity index is 527. The topological polar surface area (TPSA) is 102 Å². The molecular formula is C14H21F2O7S-. The zero-order chi connectivity index (χ0) is 18.2. The van der Waals surface area contributed by atoms with Gasteiger partial charge < -0.3 is 18.8 Å². The molecule has 0 bridgehead atoms. The monoisotopic (exact) mass is 371 g/mol. The molecule has 0 saturated heterocycles. The summed E-state index contributed by atoms with van der Waals surface area (Å²) in [6.07, 6.45) is 3.90. The van der Waals surface area contributed by atoms with Crippen LogP contribution in [-0.4, -0.2) is 50.3 Å². The fourth-order valence-electron chi connectivity index (χ4n) is 2.09. The average Bonchev–Trinajstić information content (AvgIpc) is 2.51. The van der Waals surface area contributed by atoms with Crippen LogP contribution in [-0.2, 0) is 29.1 Å². The number of rotatable bonds is 10. The molecule has 0 spiro atoms. The smallest absolute Gasteiger partial charge is 0.337 e. The SMILES string of the molecule is C=C(COCCC(F)(F)S(=O)(=O)[O-])C(=O)OCOC1CCCCC1. The summed E-state index contributed by atoms with van der Waals surface area (Å²) in [5, 5.41) is -4.41. The summed E-state index contributed by atoms with van der Waals surface area (Å²) in [7, 11) is -5.74. The van der Waals surface area contributed by atoms with Gasteiger partial charge in [-0.05, 0) is 12.8 Å². The van der Waals surface area contributed by atoms with Crippen molar-refractivity contribution in [3.8, 4) is 0 Å². The third kappa shape index (κ3) is 7.20. The fraction of sp³-hybridized carbons (Fsp3) is 0.786. The number of ether oxygens (including phenoxy) is 3. The summed E-state index contributed by atoms with van der Waals surface area (Å²) < 4.78 is 71.4. The molecule has 0 aromatic rings. The second-order valence-electron chi connectivity index (χ2n) is 5.47. The molecule has 1 fully saturated rings. The highest BCUT2D eigenvalue weighted by molar-refractivity contribution is 7.86. The normalized spacial score (nSPS) is 16.8. The Morgan fingerprint density at radius 1 is 1.25 bits per heavy atom. The summed E-state index contributed by atoms with van der Waals surface area (Å²) >= 11 is 0. The number of esters is 1. The van der Waals surface area contributed by atoms with Gasteiger partial charge in [0.15, 0.2) is 16.9 Å². The predicted molar refractivity (Wildman–Crippen MR) is 78.1 cm³/mol. The number of halogens is 2. The van der Waals surface area contributed by atoms with Crippen LogP contribution in [0.4, 0.5) is 8.78 Å². The van der Waals surface area contributed by atoms with E-state index in [4.69, 9.17) is 14.2 Å². The van der Waals surface area contributed by atoms with Gasteiger partial charge in [0, 0.05) is 6.42 Å². The molecule has 0 aliphatic heterocycles. The van der Waals surface area contributed by atoms with Crippen LogP contribution in [0, 0.1) is 0 Å². The number of carbonyl (C=O) groups is 1. The van der Waals surface area contributed by atoms with Crippen LogP contribution < -0.4 is 0 Å². The van der Waals surface area contributed by atoms with E-state index in [9.17, 15) is 26.5 Å². The van der Waals surface area contributed by atoms with Crippen molar-refractivity contribution in [2.75, 3.05) is 20.0 Å². The molecule has 0 aromatic heterocycles. The molecule has 1 aliphatic carbocycles. The molecule has 0 heterocycles. The lowest BCUT2D eigenvalue weighted by Crippen LogP contribution is -2.30. The third-order valence-electron chi connectivity index (χ3n) is 3.51. The van der Waals surface area contributed by atoms with Gasteiger partial charge in [-0.2, -0.15) is 8.78 Å². The maximum Gasteiger partial charge on any atom is 0.337 e. The van der Waals surface area contributed by atoms with Crippen molar-refractivity contribution in [3.63, 3.8) is 0 Å². The van der Waals surface area contributed by atoms with Gasteiger partial charge in [0.2, 0.25) is 0 Å². The molecule has 0 unspecified atom stereocenters. The first kappa shape index (κ1) is 20.9. The summed E-state index contributed by atoms with van der Waals surface area (Å²) in [6, 6.07) is 0. The minimum Gasteiger partial charge on any atom is -0.743 e. The maximum atomic E-state index is 12.8. The van der Waals surface area contributed by atoms with Crippen LogP contribution in [0.2, 0.25) is 0 Å². The van der Waals surface area contributed by atoms with Crippen molar-refractivity contribution in [3.05, 3.63) is 12.2 Å². The van der Waals surface area contributed by atoms with Gasteiger partial charge in [0.25, 0.3) is 0 Å². The minimum absolute atomic E-state index is 0.0623. The molecule has 1 saturated carbocycles. The van der Waals surface area contributed by atoms with Gasteiger partial charge in [0.05, 0.1) is 24.9 Å². The molecule has 0 aromatic carbocycles. The van der Waals surface area contributed by atoms with E-state index >= 15 is 0 Å². The molecule has 7 nitrogen and oxygen atoms in total. The van der Waals surface area contributed by atoms with Crippen molar-refractivity contribution in [1.82, 2.24) is 0 Å². The Labute approximate surface area is 139 Å². The lowest BCUT2D eigenvalue weighted by Gasteiger charge is -2.21. The van der Waals surface area contributed by atoms with E-state index in [0.717, 1.165) is 25.7 Å². The molecule has 0 amide bonds. The van der Waals surface area contributed by atoms with E-state index < -0.39 is 41.0 Å². The number of hydrogen-bond acceptors (Lipinski definition) is 7.